The average molecular weight is 518 g/mol. The van der Waals surface area contributed by atoms with E-state index in [9.17, 15) is 9.18 Å². The minimum absolute atomic E-state index is 0.0296. The largest absolute Gasteiger partial charge is 0.398 e. The molecule has 0 saturated carbocycles. The summed E-state index contributed by atoms with van der Waals surface area (Å²) >= 11 is 0. The summed E-state index contributed by atoms with van der Waals surface area (Å²) in [7, 11) is 1.77. The Labute approximate surface area is 223 Å². The molecular weight excluding hydrogens is 481 g/mol. The Bertz CT molecular complexity index is 1290. The van der Waals surface area contributed by atoms with Crippen molar-refractivity contribution in [1.29, 1.82) is 0 Å². The molecule has 3 aromatic rings. The Hall–Kier alpha value is -3.98. The molecule has 1 aliphatic heterocycles. The van der Waals surface area contributed by atoms with Gasteiger partial charge >= 0.3 is 0 Å². The SMILES string of the molecule is C=C(NC)c1cc(C(=O)N[C@H](C)C[C@H](CCC)N2Cc3cnc(Nc4ccc(F)cc4)nc3C2)ccc1N. The van der Waals surface area contributed by atoms with Crippen LogP contribution in [-0.4, -0.2) is 39.9 Å². The zero-order valence-corrected chi connectivity index (χ0v) is 22.2. The molecule has 5 N–H and O–H groups in total. The fourth-order valence-corrected chi connectivity index (χ4v) is 4.81. The van der Waals surface area contributed by atoms with E-state index < -0.39 is 0 Å². The van der Waals surface area contributed by atoms with Crippen molar-refractivity contribution in [3.8, 4) is 0 Å². The standard InChI is InChI=1S/C29H36FN7O/c1-5-6-24(13-18(2)34-28(38)20-7-12-26(31)25(14-20)19(3)32-4)37-16-21-15-33-29(36-27(21)17-37)35-23-10-8-22(30)9-11-23/h7-12,14-15,18,24,32H,3,5-6,13,16-17,31H2,1-2,4H3,(H,34,38)(H,33,35,36)/t18-,24+/m1/s1. The number of nitrogens with zero attached hydrogens (tertiary/aromatic N) is 3. The van der Waals surface area contributed by atoms with Gasteiger partial charge in [0.2, 0.25) is 5.95 Å². The van der Waals surface area contributed by atoms with E-state index in [2.05, 4.69) is 39.3 Å². The second-order valence-corrected chi connectivity index (χ2v) is 9.79. The molecular formula is C29H36FN7O. The first kappa shape index (κ1) is 27.1. The van der Waals surface area contributed by atoms with Gasteiger partial charge < -0.3 is 21.7 Å². The number of hydrogen-bond acceptors (Lipinski definition) is 7. The summed E-state index contributed by atoms with van der Waals surface area (Å²) in [6.45, 7) is 9.66. The molecule has 0 saturated heterocycles. The molecule has 9 heteroatoms. The Morgan fingerprint density at radius 3 is 2.68 bits per heavy atom. The van der Waals surface area contributed by atoms with Crippen LogP contribution in [0.5, 0.6) is 0 Å². The van der Waals surface area contributed by atoms with Gasteiger partial charge in [-0.25, -0.2) is 14.4 Å². The molecule has 38 heavy (non-hydrogen) atoms. The number of anilines is 3. The van der Waals surface area contributed by atoms with Crippen molar-refractivity contribution in [1.82, 2.24) is 25.5 Å². The van der Waals surface area contributed by atoms with E-state index in [1.807, 2.05) is 13.1 Å². The van der Waals surface area contributed by atoms with Crippen LogP contribution in [0.25, 0.3) is 5.70 Å². The number of benzene rings is 2. The van der Waals surface area contributed by atoms with Gasteiger partial charge in [-0.1, -0.05) is 19.9 Å². The van der Waals surface area contributed by atoms with Crippen molar-refractivity contribution >= 4 is 28.9 Å². The number of nitrogens with one attached hydrogen (secondary N) is 3. The fourth-order valence-electron chi connectivity index (χ4n) is 4.81. The maximum atomic E-state index is 13.2. The highest BCUT2D eigenvalue weighted by molar-refractivity contribution is 5.96. The smallest absolute Gasteiger partial charge is 0.251 e. The van der Waals surface area contributed by atoms with Crippen LogP contribution in [-0.2, 0) is 13.1 Å². The fraction of sp³-hybridized carbons (Fsp3) is 0.345. The molecule has 4 rings (SSSR count). The van der Waals surface area contributed by atoms with Crippen molar-refractivity contribution < 1.29 is 9.18 Å². The van der Waals surface area contributed by atoms with Crippen molar-refractivity contribution in [3.63, 3.8) is 0 Å². The van der Waals surface area contributed by atoms with E-state index in [1.165, 1.54) is 12.1 Å². The van der Waals surface area contributed by atoms with E-state index in [0.29, 0.717) is 29.4 Å². The van der Waals surface area contributed by atoms with Gasteiger partial charge in [0.1, 0.15) is 5.82 Å². The van der Waals surface area contributed by atoms with Crippen molar-refractivity contribution in [2.45, 2.75) is 58.3 Å². The maximum Gasteiger partial charge on any atom is 0.251 e. The molecule has 0 fully saturated rings. The predicted molar refractivity (Wildman–Crippen MR) is 150 cm³/mol. The van der Waals surface area contributed by atoms with E-state index in [4.69, 9.17) is 10.7 Å². The van der Waals surface area contributed by atoms with Crippen LogP contribution in [0.15, 0.2) is 55.2 Å². The van der Waals surface area contributed by atoms with Gasteiger partial charge in [0, 0.05) is 72.2 Å². The first-order valence-electron chi connectivity index (χ1n) is 13.0. The minimum Gasteiger partial charge on any atom is -0.398 e. The van der Waals surface area contributed by atoms with Crippen LogP contribution in [0, 0.1) is 5.82 Å². The number of nitrogen functional groups attached to an aromatic ring is 1. The van der Waals surface area contributed by atoms with Crippen molar-refractivity contribution in [2.24, 2.45) is 0 Å². The van der Waals surface area contributed by atoms with Gasteiger partial charge in [-0.3, -0.25) is 9.69 Å². The molecule has 2 atom stereocenters. The van der Waals surface area contributed by atoms with E-state index in [0.717, 1.165) is 48.3 Å². The second-order valence-electron chi connectivity index (χ2n) is 9.79. The van der Waals surface area contributed by atoms with E-state index >= 15 is 0 Å². The first-order valence-corrected chi connectivity index (χ1v) is 13.0. The number of amides is 1. The number of halogens is 1. The van der Waals surface area contributed by atoms with Crippen LogP contribution < -0.4 is 21.7 Å². The molecule has 2 heterocycles. The monoisotopic (exact) mass is 517 g/mol. The third-order valence-electron chi connectivity index (χ3n) is 6.86. The van der Waals surface area contributed by atoms with Crippen LogP contribution >= 0.6 is 0 Å². The van der Waals surface area contributed by atoms with Gasteiger partial charge in [-0.2, -0.15) is 0 Å². The summed E-state index contributed by atoms with van der Waals surface area (Å²) in [5.41, 5.74) is 11.4. The van der Waals surface area contributed by atoms with Gasteiger partial charge in [-0.15, -0.1) is 0 Å². The van der Waals surface area contributed by atoms with E-state index in [-0.39, 0.29) is 23.8 Å². The Morgan fingerprint density at radius 2 is 1.97 bits per heavy atom. The lowest BCUT2D eigenvalue weighted by Gasteiger charge is -2.30. The molecule has 1 amide bonds. The minimum atomic E-state index is -0.286. The molecule has 8 nitrogen and oxygen atoms in total. The highest BCUT2D eigenvalue weighted by atomic mass is 19.1. The molecule has 1 aromatic heterocycles. The Kier molecular flexibility index (Phi) is 8.58. The van der Waals surface area contributed by atoms with Gasteiger partial charge in [0.15, 0.2) is 0 Å². The third-order valence-corrected chi connectivity index (χ3v) is 6.86. The molecule has 0 unspecified atom stereocenters. The summed E-state index contributed by atoms with van der Waals surface area (Å²) in [4.78, 5) is 24.6. The summed E-state index contributed by atoms with van der Waals surface area (Å²) < 4.78 is 13.2. The van der Waals surface area contributed by atoms with Gasteiger partial charge in [0.05, 0.1) is 5.69 Å². The van der Waals surface area contributed by atoms with Crippen LogP contribution in [0.1, 0.15) is 60.3 Å². The maximum absolute atomic E-state index is 13.2. The number of carbonyl (C=O) groups is 1. The lowest BCUT2D eigenvalue weighted by molar-refractivity contribution is 0.0923. The normalized spacial score (nSPS) is 14.4. The Morgan fingerprint density at radius 1 is 1.21 bits per heavy atom. The highest BCUT2D eigenvalue weighted by Crippen LogP contribution is 2.28. The first-order chi connectivity index (χ1) is 18.3. The molecule has 200 valence electrons. The number of nitrogens with two attached hydrogens (primary N) is 1. The zero-order valence-electron chi connectivity index (χ0n) is 22.2. The number of carbonyl (C=O) groups excluding carboxylic acids is 1. The molecule has 2 aromatic carbocycles. The van der Waals surface area contributed by atoms with Gasteiger partial charge in [-0.05, 0) is 62.2 Å². The van der Waals surface area contributed by atoms with Crippen molar-refractivity contribution in [2.75, 3.05) is 18.1 Å². The predicted octanol–water partition coefficient (Wildman–Crippen LogP) is 4.82. The number of aromatic nitrogens is 2. The van der Waals surface area contributed by atoms with Crippen molar-refractivity contribution in [3.05, 3.63) is 83.4 Å². The van der Waals surface area contributed by atoms with Gasteiger partial charge in [0.25, 0.3) is 5.91 Å². The Balaban J connectivity index is 1.39. The second kappa shape index (κ2) is 12.0. The van der Waals surface area contributed by atoms with Crippen LogP contribution in [0.2, 0.25) is 0 Å². The molecule has 1 aliphatic rings. The zero-order chi connectivity index (χ0) is 27.2. The summed E-state index contributed by atoms with van der Waals surface area (Å²) in [5, 5.41) is 9.28. The lowest BCUT2D eigenvalue weighted by Crippen LogP contribution is -2.40. The highest BCUT2D eigenvalue weighted by Gasteiger charge is 2.28. The summed E-state index contributed by atoms with van der Waals surface area (Å²) in [5.74, 6) is 0.0741. The third kappa shape index (κ3) is 6.47. The molecule has 0 radical (unpaired) electrons. The molecule has 0 bridgehead atoms. The number of rotatable bonds is 11. The summed E-state index contributed by atoms with van der Waals surface area (Å²) in [6, 6.07) is 11.6. The topological polar surface area (TPSA) is 108 Å². The quantitative estimate of drug-likeness (QED) is 0.270. The lowest BCUT2D eigenvalue weighted by atomic mass is 10.0. The average Bonchev–Trinajstić information content (AvgIpc) is 3.33. The molecule has 0 aliphatic carbocycles. The van der Waals surface area contributed by atoms with Crippen LogP contribution in [0.4, 0.5) is 21.7 Å². The van der Waals surface area contributed by atoms with Crippen LogP contribution in [0.3, 0.4) is 0 Å². The number of fused-ring (bicyclic) bond motifs is 1. The van der Waals surface area contributed by atoms with E-state index in [1.54, 1.807) is 37.4 Å². The molecule has 0 spiro atoms. The number of hydrogen-bond donors (Lipinski definition) is 4. The summed E-state index contributed by atoms with van der Waals surface area (Å²) in [6.07, 6.45) is 4.72.